The molecule has 0 bridgehead atoms. The van der Waals surface area contributed by atoms with Crippen molar-refractivity contribution in [3.8, 4) is 0 Å². The first kappa shape index (κ1) is 19.5. The Labute approximate surface area is 179 Å². The minimum atomic E-state index is 0.218. The van der Waals surface area contributed by atoms with Gasteiger partial charge in [0.1, 0.15) is 11.6 Å². The number of carbonyl (C=O) groups is 1. The number of likely N-dealkylation sites (tertiary alicyclic amines) is 1. The first-order valence-corrected chi connectivity index (χ1v) is 11.6. The normalized spacial score (nSPS) is 21.4. The Balaban J connectivity index is 1.33. The molecule has 2 aromatic rings. The van der Waals surface area contributed by atoms with Gasteiger partial charge in [-0.15, -0.1) is 0 Å². The maximum atomic E-state index is 12.9. The summed E-state index contributed by atoms with van der Waals surface area (Å²) in [5.41, 5.74) is 3.57. The summed E-state index contributed by atoms with van der Waals surface area (Å²) in [6.45, 7) is 6.00. The van der Waals surface area contributed by atoms with Crippen LogP contribution >= 0.6 is 0 Å². The first-order valence-electron chi connectivity index (χ1n) is 11.6. The van der Waals surface area contributed by atoms with Gasteiger partial charge in [-0.25, -0.2) is 9.97 Å². The topological polar surface area (TPSA) is 49.3 Å². The van der Waals surface area contributed by atoms with Crippen molar-refractivity contribution in [1.82, 2.24) is 14.9 Å². The molecule has 2 fully saturated rings. The number of amides is 1. The van der Waals surface area contributed by atoms with Gasteiger partial charge < -0.3 is 9.80 Å². The molecular formula is C25H32N4O. The second kappa shape index (κ2) is 8.37. The molecule has 1 aromatic carbocycles. The third kappa shape index (κ3) is 4.21. The maximum absolute atomic E-state index is 12.9. The highest BCUT2D eigenvalue weighted by atomic mass is 16.2. The van der Waals surface area contributed by atoms with Crippen LogP contribution in [0.15, 0.2) is 30.3 Å². The zero-order chi connectivity index (χ0) is 20.5. The van der Waals surface area contributed by atoms with E-state index in [1.54, 1.807) is 0 Å². The number of anilines is 1. The number of piperidine rings is 1. The van der Waals surface area contributed by atoms with E-state index in [1.165, 1.54) is 30.6 Å². The number of rotatable bonds is 5. The standard InChI is InChI=1S/C25H32N4O/c1-18-22-10-6-14-29(16-20-11-12-20)25(22)27-24(26-18)21-9-5-13-28(17-21)23(30)15-19-7-3-2-4-8-19/h2-4,7-8,20-21H,5-6,9-17H2,1H3. The van der Waals surface area contributed by atoms with Gasteiger partial charge in [0, 0.05) is 43.4 Å². The molecule has 3 heterocycles. The first-order chi connectivity index (χ1) is 14.7. The number of carbonyl (C=O) groups excluding carboxylic acids is 1. The summed E-state index contributed by atoms with van der Waals surface area (Å²) in [7, 11) is 0. The van der Waals surface area contributed by atoms with E-state index in [0.717, 1.165) is 68.4 Å². The van der Waals surface area contributed by atoms with Crippen molar-refractivity contribution in [3.63, 3.8) is 0 Å². The van der Waals surface area contributed by atoms with Gasteiger partial charge in [-0.3, -0.25) is 4.79 Å². The predicted molar refractivity (Wildman–Crippen MR) is 119 cm³/mol. The van der Waals surface area contributed by atoms with E-state index in [-0.39, 0.29) is 11.8 Å². The molecule has 0 spiro atoms. The molecule has 1 saturated carbocycles. The average Bonchev–Trinajstić information content (AvgIpc) is 3.59. The summed E-state index contributed by atoms with van der Waals surface area (Å²) in [4.78, 5) is 27.5. The molecule has 5 rings (SSSR count). The minimum absolute atomic E-state index is 0.218. The van der Waals surface area contributed by atoms with E-state index < -0.39 is 0 Å². The Morgan fingerprint density at radius 2 is 1.90 bits per heavy atom. The van der Waals surface area contributed by atoms with Gasteiger partial charge in [-0.05, 0) is 56.9 Å². The second-order valence-electron chi connectivity index (χ2n) is 9.30. The zero-order valence-electron chi connectivity index (χ0n) is 18.0. The Hall–Kier alpha value is -2.43. The molecule has 1 aliphatic carbocycles. The lowest BCUT2D eigenvalue weighted by Gasteiger charge is -2.34. The van der Waals surface area contributed by atoms with Crippen molar-refractivity contribution in [2.45, 2.75) is 57.8 Å². The summed E-state index contributed by atoms with van der Waals surface area (Å²) >= 11 is 0. The van der Waals surface area contributed by atoms with Crippen molar-refractivity contribution in [3.05, 3.63) is 53.0 Å². The largest absolute Gasteiger partial charge is 0.356 e. The molecular weight excluding hydrogens is 372 g/mol. The summed E-state index contributed by atoms with van der Waals surface area (Å²) in [5, 5.41) is 0. The molecule has 30 heavy (non-hydrogen) atoms. The quantitative estimate of drug-likeness (QED) is 0.758. The fourth-order valence-electron chi connectivity index (χ4n) is 4.98. The van der Waals surface area contributed by atoms with Crippen molar-refractivity contribution in [2.75, 3.05) is 31.1 Å². The summed E-state index contributed by atoms with van der Waals surface area (Å²) < 4.78 is 0. The van der Waals surface area contributed by atoms with Crippen LogP contribution in [0.2, 0.25) is 0 Å². The molecule has 2 aliphatic heterocycles. The lowest BCUT2D eigenvalue weighted by atomic mass is 9.95. The summed E-state index contributed by atoms with van der Waals surface area (Å²) in [6.07, 6.45) is 7.59. The number of hydrogen-bond acceptors (Lipinski definition) is 4. The van der Waals surface area contributed by atoms with Gasteiger partial charge in [0.05, 0.1) is 6.42 Å². The highest BCUT2D eigenvalue weighted by Crippen LogP contribution is 2.36. The highest BCUT2D eigenvalue weighted by molar-refractivity contribution is 5.79. The predicted octanol–water partition coefficient (Wildman–Crippen LogP) is 3.90. The molecule has 3 aliphatic rings. The Kier molecular flexibility index (Phi) is 5.45. The molecule has 0 radical (unpaired) electrons. The third-order valence-electron chi connectivity index (χ3n) is 6.88. The van der Waals surface area contributed by atoms with Crippen LogP contribution in [0.1, 0.15) is 60.7 Å². The Morgan fingerprint density at radius 3 is 2.70 bits per heavy atom. The van der Waals surface area contributed by atoms with Crippen LogP contribution < -0.4 is 4.90 Å². The van der Waals surface area contributed by atoms with Gasteiger partial charge in [-0.2, -0.15) is 0 Å². The van der Waals surface area contributed by atoms with Crippen LogP contribution in [0.3, 0.4) is 0 Å². The van der Waals surface area contributed by atoms with Crippen LogP contribution in [0.5, 0.6) is 0 Å². The molecule has 0 N–H and O–H groups in total. The van der Waals surface area contributed by atoms with Gasteiger partial charge in [0.25, 0.3) is 0 Å². The van der Waals surface area contributed by atoms with E-state index >= 15 is 0 Å². The van der Waals surface area contributed by atoms with E-state index in [0.29, 0.717) is 6.42 Å². The molecule has 1 aromatic heterocycles. The second-order valence-corrected chi connectivity index (χ2v) is 9.30. The van der Waals surface area contributed by atoms with Gasteiger partial charge >= 0.3 is 0 Å². The van der Waals surface area contributed by atoms with Crippen LogP contribution in [0.25, 0.3) is 0 Å². The summed E-state index contributed by atoms with van der Waals surface area (Å²) in [6, 6.07) is 10.1. The van der Waals surface area contributed by atoms with Crippen molar-refractivity contribution >= 4 is 11.7 Å². The number of benzene rings is 1. The fourth-order valence-corrected chi connectivity index (χ4v) is 4.98. The number of aryl methyl sites for hydroxylation is 1. The van der Waals surface area contributed by atoms with Crippen LogP contribution in [0, 0.1) is 12.8 Å². The average molecular weight is 405 g/mol. The zero-order valence-corrected chi connectivity index (χ0v) is 18.0. The van der Waals surface area contributed by atoms with E-state index in [9.17, 15) is 4.79 Å². The smallest absolute Gasteiger partial charge is 0.227 e. The van der Waals surface area contributed by atoms with Crippen molar-refractivity contribution in [2.24, 2.45) is 5.92 Å². The highest BCUT2D eigenvalue weighted by Gasteiger charge is 2.31. The number of hydrogen-bond donors (Lipinski definition) is 0. The molecule has 5 heteroatoms. The SMILES string of the molecule is Cc1nc(C2CCCN(C(=O)Cc3ccccc3)C2)nc2c1CCCN2CC1CC1. The molecule has 1 unspecified atom stereocenters. The number of aromatic nitrogens is 2. The Bertz CT molecular complexity index is 909. The van der Waals surface area contributed by atoms with Crippen LogP contribution in [0.4, 0.5) is 5.82 Å². The number of nitrogens with zero attached hydrogens (tertiary/aromatic N) is 4. The molecule has 5 nitrogen and oxygen atoms in total. The van der Waals surface area contributed by atoms with Crippen LogP contribution in [-0.2, 0) is 17.6 Å². The fraction of sp³-hybridized carbons (Fsp3) is 0.560. The van der Waals surface area contributed by atoms with E-state index in [1.807, 2.05) is 35.2 Å². The van der Waals surface area contributed by atoms with Gasteiger partial charge in [0.2, 0.25) is 5.91 Å². The van der Waals surface area contributed by atoms with E-state index in [2.05, 4.69) is 11.8 Å². The van der Waals surface area contributed by atoms with Crippen LogP contribution in [-0.4, -0.2) is 47.0 Å². The molecule has 1 saturated heterocycles. The number of fused-ring (bicyclic) bond motifs is 1. The lowest BCUT2D eigenvalue weighted by Crippen LogP contribution is -2.40. The third-order valence-corrected chi connectivity index (χ3v) is 6.88. The lowest BCUT2D eigenvalue weighted by molar-refractivity contribution is -0.131. The molecule has 1 atom stereocenters. The maximum Gasteiger partial charge on any atom is 0.227 e. The molecule has 158 valence electrons. The van der Waals surface area contributed by atoms with E-state index in [4.69, 9.17) is 9.97 Å². The molecule has 1 amide bonds. The van der Waals surface area contributed by atoms with Gasteiger partial charge in [0.15, 0.2) is 0 Å². The minimum Gasteiger partial charge on any atom is -0.356 e. The Morgan fingerprint density at radius 1 is 1.07 bits per heavy atom. The van der Waals surface area contributed by atoms with Crippen molar-refractivity contribution in [1.29, 1.82) is 0 Å². The summed E-state index contributed by atoms with van der Waals surface area (Å²) in [5.74, 6) is 3.45. The van der Waals surface area contributed by atoms with Crippen molar-refractivity contribution < 1.29 is 4.79 Å². The monoisotopic (exact) mass is 404 g/mol. The van der Waals surface area contributed by atoms with Gasteiger partial charge in [-0.1, -0.05) is 30.3 Å².